The lowest BCUT2D eigenvalue weighted by molar-refractivity contribution is 0.272. The molecule has 0 aliphatic heterocycles. The van der Waals surface area contributed by atoms with Crippen LogP contribution in [0.5, 0.6) is 5.75 Å². The van der Waals surface area contributed by atoms with E-state index in [1.165, 1.54) is 18.6 Å². The van der Waals surface area contributed by atoms with Crippen molar-refractivity contribution in [1.29, 1.82) is 0 Å². The minimum Gasteiger partial charge on any atom is -0.481 e. The highest BCUT2D eigenvalue weighted by atomic mass is 19.1. The Morgan fingerprint density at radius 1 is 1.47 bits per heavy atom. The van der Waals surface area contributed by atoms with Crippen molar-refractivity contribution in [2.24, 2.45) is 7.05 Å². The van der Waals surface area contributed by atoms with Crippen LogP contribution in [0.1, 0.15) is 5.82 Å². The van der Waals surface area contributed by atoms with Crippen molar-refractivity contribution in [3.8, 4) is 5.75 Å². The second kappa shape index (κ2) is 4.04. The summed E-state index contributed by atoms with van der Waals surface area (Å²) in [5.74, 6) is 0.110. The molecule has 0 radical (unpaired) electrons. The average Bonchev–Trinajstić information content (AvgIpc) is 2.63. The summed E-state index contributed by atoms with van der Waals surface area (Å²) in [4.78, 5) is 7.41. The summed E-state index contributed by atoms with van der Waals surface area (Å²) in [6.07, 6.45) is 2.78. The Balaban J connectivity index is 2.06. The van der Waals surface area contributed by atoms with Crippen LogP contribution >= 0.6 is 0 Å². The van der Waals surface area contributed by atoms with E-state index < -0.39 is 5.95 Å². The fraction of sp³-hybridized carbons (Fsp3) is 0.222. The van der Waals surface area contributed by atoms with Gasteiger partial charge in [-0.2, -0.15) is 9.49 Å². The van der Waals surface area contributed by atoms with E-state index in [2.05, 4.69) is 15.1 Å². The molecule has 2 aromatic rings. The highest BCUT2D eigenvalue weighted by molar-refractivity contribution is 5.17. The zero-order chi connectivity index (χ0) is 10.7. The molecule has 0 spiro atoms. The first-order valence-corrected chi connectivity index (χ1v) is 4.33. The second-order valence-electron chi connectivity index (χ2n) is 2.88. The van der Waals surface area contributed by atoms with Crippen LogP contribution in [0.4, 0.5) is 4.39 Å². The lowest BCUT2D eigenvalue weighted by Gasteiger charge is -2.04. The van der Waals surface area contributed by atoms with Crippen molar-refractivity contribution in [3.05, 3.63) is 36.4 Å². The Bertz CT molecular complexity index is 457. The van der Waals surface area contributed by atoms with Gasteiger partial charge < -0.3 is 4.74 Å². The molecule has 6 heteroatoms. The fourth-order valence-electron chi connectivity index (χ4n) is 1.07. The number of aromatic nitrogens is 4. The van der Waals surface area contributed by atoms with Crippen molar-refractivity contribution < 1.29 is 9.13 Å². The lowest BCUT2D eigenvalue weighted by atomic mass is 10.4. The Labute approximate surface area is 85.5 Å². The number of pyridine rings is 1. The third-order valence-corrected chi connectivity index (χ3v) is 1.89. The smallest absolute Gasteiger partial charge is 0.255 e. The van der Waals surface area contributed by atoms with Crippen molar-refractivity contribution in [1.82, 2.24) is 19.7 Å². The fourth-order valence-corrected chi connectivity index (χ4v) is 1.07. The summed E-state index contributed by atoms with van der Waals surface area (Å²) < 4.78 is 19.8. The molecular formula is C9H9FN4O. The molecule has 15 heavy (non-hydrogen) atoms. The van der Waals surface area contributed by atoms with Crippen LogP contribution in [0.15, 0.2) is 24.7 Å². The quantitative estimate of drug-likeness (QED) is 0.704. The zero-order valence-corrected chi connectivity index (χ0v) is 8.09. The van der Waals surface area contributed by atoms with Crippen LogP contribution in [0.25, 0.3) is 0 Å². The molecule has 0 N–H and O–H groups in total. The van der Waals surface area contributed by atoms with Gasteiger partial charge in [-0.1, -0.05) is 0 Å². The van der Waals surface area contributed by atoms with Gasteiger partial charge in [0.15, 0.2) is 11.6 Å². The third kappa shape index (κ3) is 2.09. The molecule has 0 aromatic carbocycles. The van der Waals surface area contributed by atoms with Crippen LogP contribution in [0.2, 0.25) is 0 Å². The van der Waals surface area contributed by atoms with Gasteiger partial charge in [0.25, 0.3) is 5.95 Å². The molecular weight excluding hydrogens is 199 g/mol. The maximum Gasteiger partial charge on any atom is 0.255 e. The summed E-state index contributed by atoms with van der Waals surface area (Å²) in [5.41, 5.74) is 0. The standard InChI is InChI=1S/C9H9FN4O/c1-14-8(12-6-13-14)5-15-7-3-2-4-11-9(7)10/h2-4,6H,5H2,1H3. The van der Waals surface area contributed by atoms with Gasteiger partial charge in [0, 0.05) is 13.2 Å². The van der Waals surface area contributed by atoms with E-state index in [4.69, 9.17) is 4.74 Å². The van der Waals surface area contributed by atoms with Gasteiger partial charge in [-0.25, -0.2) is 9.97 Å². The molecule has 0 saturated heterocycles. The number of hydrogen-bond donors (Lipinski definition) is 0. The van der Waals surface area contributed by atoms with Gasteiger partial charge in [-0.05, 0) is 12.1 Å². The van der Waals surface area contributed by atoms with Gasteiger partial charge in [-0.15, -0.1) is 0 Å². The molecule has 2 heterocycles. The van der Waals surface area contributed by atoms with E-state index in [1.807, 2.05) is 0 Å². The van der Waals surface area contributed by atoms with Gasteiger partial charge >= 0.3 is 0 Å². The molecule has 0 saturated carbocycles. The number of rotatable bonds is 3. The first kappa shape index (κ1) is 9.57. The van der Waals surface area contributed by atoms with E-state index in [0.717, 1.165) is 0 Å². The van der Waals surface area contributed by atoms with Crippen molar-refractivity contribution in [2.75, 3.05) is 0 Å². The Morgan fingerprint density at radius 2 is 2.33 bits per heavy atom. The maximum atomic E-state index is 13.0. The van der Waals surface area contributed by atoms with Crippen molar-refractivity contribution >= 4 is 0 Å². The van der Waals surface area contributed by atoms with E-state index >= 15 is 0 Å². The predicted octanol–water partition coefficient (Wildman–Crippen LogP) is 0.928. The van der Waals surface area contributed by atoms with Gasteiger partial charge in [0.1, 0.15) is 12.9 Å². The number of aryl methyl sites for hydroxylation is 1. The van der Waals surface area contributed by atoms with E-state index in [-0.39, 0.29) is 12.4 Å². The lowest BCUT2D eigenvalue weighted by Crippen LogP contribution is -2.05. The summed E-state index contributed by atoms with van der Waals surface area (Å²) in [7, 11) is 1.74. The highest BCUT2D eigenvalue weighted by Crippen LogP contribution is 2.13. The van der Waals surface area contributed by atoms with Crippen molar-refractivity contribution in [2.45, 2.75) is 6.61 Å². The zero-order valence-electron chi connectivity index (χ0n) is 8.09. The molecule has 0 fully saturated rings. The maximum absolute atomic E-state index is 13.0. The van der Waals surface area contributed by atoms with E-state index in [0.29, 0.717) is 5.82 Å². The highest BCUT2D eigenvalue weighted by Gasteiger charge is 2.05. The summed E-state index contributed by atoms with van der Waals surface area (Å²) in [6, 6.07) is 3.12. The third-order valence-electron chi connectivity index (χ3n) is 1.89. The molecule has 2 aromatic heterocycles. The van der Waals surface area contributed by atoms with Crippen LogP contribution in [0.3, 0.4) is 0 Å². The first-order valence-electron chi connectivity index (χ1n) is 4.33. The molecule has 0 aliphatic rings. The largest absolute Gasteiger partial charge is 0.481 e. The molecule has 78 valence electrons. The molecule has 0 bridgehead atoms. The van der Waals surface area contributed by atoms with Crippen LogP contribution in [-0.2, 0) is 13.7 Å². The van der Waals surface area contributed by atoms with Crippen LogP contribution in [-0.4, -0.2) is 19.7 Å². The average molecular weight is 208 g/mol. The summed E-state index contributed by atoms with van der Waals surface area (Å²) in [5, 5.41) is 3.87. The van der Waals surface area contributed by atoms with E-state index in [9.17, 15) is 4.39 Å². The monoisotopic (exact) mass is 208 g/mol. The van der Waals surface area contributed by atoms with Crippen LogP contribution in [0, 0.1) is 5.95 Å². The van der Waals surface area contributed by atoms with Gasteiger partial charge in [0.2, 0.25) is 0 Å². The molecule has 2 rings (SSSR count). The van der Waals surface area contributed by atoms with Gasteiger partial charge in [0.05, 0.1) is 0 Å². The molecule has 0 aliphatic carbocycles. The SMILES string of the molecule is Cn1ncnc1COc1cccnc1F. The van der Waals surface area contributed by atoms with E-state index in [1.54, 1.807) is 17.8 Å². The molecule has 0 amide bonds. The molecule has 0 unspecified atom stereocenters. The minimum absolute atomic E-state index is 0.112. The second-order valence-corrected chi connectivity index (χ2v) is 2.88. The minimum atomic E-state index is -0.625. The summed E-state index contributed by atoms with van der Waals surface area (Å²) >= 11 is 0. The van der Waals surface area contributed by atoms with Crippen molar-refractivity contribution in [3.63, 3.8) is 0 Å². The number of nitrogens with zero attached hydrogens (tertiary/aromatic N) is 4. The Hall–Kier alpha value is -1.98. The molecule has 5 nitrogen and oxygen atoms in total. The number of halogens is 1. The molecule has 0 atom stereocenters. The van der Waals surface area contributed by atoms with Gasteiger partial charge in [-0.3, -0.25) is 4.68 Å². The summed E-state index contributed by atoms with van der Waals surface area (Å²) in [6.45, 7) is 0.166. The Morgan fingerprint density at radius 3 is 3.00 bits per heavy atom. The Kier molecular flexibility index (Phi) is 2.57. The topological polar surface area (TPSA) is 52.8 Å². The number of ether oxygens (including phenoxy) is 1. The number of hydrogen-bond acceptors (Lipinski definition) is 4. The predicted molar refractivity (Wildman–Crippen MR) is 49.5 cm³/mol. The first-order chi connectivity index (χ1) is 7.27. The van der Waals surface area contributed by atoms with Crippen LogP contribution < -0.4 is 4.74 Å². The normalized spacial score (nSPS) is 10.3.